The highest BCUT2D eigenvalue weighted by Crippen LogP contribution is 2.19. The molecule has 0 aliphatic carbocycles. The van der Waals surface area contributed by atoms with Crippen molar-refractivity contribution in [3.05, 3.63) is 0 Å². The molecule has 0 aromatic carbocycles. The number of nitrogens with zero attached hydrogens (tertiary/aromatic N) is 1. The smallest absolute Gasteiger partial charge is 0.0431 e. The third-order valence-corrected chi connectivity index (χ3v) is 3.66. The molecule has 1 rings (SSSR count). The van der Waals surface area contributed by atoms with Crippen molar-refractivity contribution in [2.24, 2.45) is 5.92 Å². The minimum Gasteiger partial charge on any atom is -0.396 e. The molecule has 1 saturated heterocycles. The molecule has 3 nitrogen and oxygen atoms in total. The molecule has 0 aromatic heterocycles. The summed E-state index contributed by atoms with van der Waals surface area (Å²) in [6.07, 6.45) is 4.78. The van der Waals surface area contributed by atoms with Crippen LogP contribution in [0.2, 0.25) is 0 Å². The number of likely N-dealkylation sites (tertiary alicyclic amines) is 1. The van der Waals surface area contributed by atoms with E-state index in [1.165, 1.54) is 25.9 Å². The van der Waals surface area contributed by atoms with Gasteiger partial charge in [-0.15, -0.1) is 0 Å². The Bertz CT molecular complexity index is 175. The summed E-state index contributed by atoms with van der Waals surface area (Å²) in [5.74, 6) is 0.808. The van der Waals surface area contributed by atoms with E-state index >= 15 is 0 Å². The Kier molecular flexibility index (Phi) is 7.01. The van der Waals surface area contributed by atoms with Gasteiger partial charge in [-0.05, 0) is 58.2 Å². The second kappa shape index (κ2) is 8.04. The predicted molar refractivity (Wildman–Crippen MR) is 68.6 cm³/mol. The maximum atomic E-state index is 8.78. The summed E-state index contributed by atoms with van der Waals surface area (Å²) in [5.41, 5.74) is 0. The highest BCUT2D eigenvalue weighted by molar-refractivity contribution is 4.80. The molecule has 2 atom stereocenters. The van der Waals surface area contributed by atoms with E-state index in [0.717, 1.165) is 31.8 Å². The summed E-state index contributed by atoms with van der Waals surface area (Å²) in [7, 11) is 0. The number of nitrogens with one attached hydrogen (secondary N) is 1. The zero-order chi connectivity index (χ0) is 11.8. The fourth-order valence-electron chi connectivity index (χ4n) is 2.64. The number of piperidine rings is 1. The van der Waals surface area contributed by atoms with E-state index in [0.29, 0.717) is 12.6 Å². The first kappa shape index (κ1) is 13.9. The van der Waals surface area contributed by atoms with Crippen LogP contribution in [0.15, 0.2) is 0 Å². The van der Waals surface area contributed by atoms with E-state index in [4.69, 9.17) is 5.11 Å². The van der Waals surface area contributed by atoms with E-state index in [-0.39, 0.29) is 0 Å². The van der Waals surface area contributed by atoms with Crippen molar-refractivity contribution in [2.75, 3.05) is 32.8 Å². The number of hydrogen-bond donors (Lipinski definition) is 2. The van der Waals surface area contributed by atoms with Gasteiger partial charge >= 0.3 is 0 Å². The Morgan fingerprint density at radius 2 is 2.25 bits per heavy atom. The summed E-state index contributed by atoms with van der Waals surface area (Å²) in [6, 6.07) is 0.644. The lowest BCUT2D eigenvalue weighted by Crippen LogP contribution is -2.44. The summed E-state index contributed by atoms with van der Waals surface area (Å²) in [5, 5.41) is 12.3. The van der Waals surface area contributed by atoms with Crippen molar-refractivity contribution >= 4 is 0 Å². The normalized spacial score (nSPS) is 24.6. The number of unbranched alkanes of at least 4 members (excludes halogenated alkanes) is 1. The molecule has 0 aromatic rings. The first-order chi connectivity index (χ1) is 7.77. The van der Waals surface area contributed by atoms with Gasteiger partial charge in [-0.1, -0.05) is 6.92 Å². The molecule has 1 heterocycles. The largest absolute Gasteiger partial charge is 0.396 e. The summed E-state index contributed by atoms with van der Waals surface area (Å²) in [6.45, 7) is 9.55. The fraction of sp³-hybridized carbons (Fsp3) is 1.00. The Balaban J connectivity index is 2.23. The number of rotatable bonds is 7. The molecule has 1 aliphatic heterocycles. The van der Waals surface area contributed by atoms with Crippen LogP contribution in [0.25, 0.3) is 0 Å². The third-order valence-electron chi connectivity index (χ3n) is 3.66. The van der Waals surface area contributed by atoms with Crippen LogP contribution in [-0.2, 0) is 0 Å². The maximum Gasteiger partial charge on any atom is 0.0431 e. The Hall–Kier alpha value is -0.120. The molecule has 0 saturated carbocycles. The Morgan fingerprint density at radius 1 is 1.44 bits per heavy atom. The Labute approximate surface area is 100 Å². The highest BCUT2D eigenvalue weighted by Gasteiger charge is 2.23. The van der Waals surface area contributed by atoms with Gasteiger partial charge in [0.15, 0.2) is 0 Å². The van der Waals surface area contributed by atoms with Crippen molar-refractivity contribution in [2.45, 2.75) is 45.6 Å². The number of hydrogen-bond acceptors (Lipinski definition) is 3. The van der Waals surface area contributed by atoms with Crippen molar-refractivity contribution in [1.82, 2.24) is 10.2 Å². The quantitative estimate of drug-likeness (QED) is 0.648. The second-order valence-electron chi connectivity index (χ2n) is 4.98. The molecular formula is C13H28N2O. The summed E-state index contributed by atoms with van der Waals surface area (Å²) >= 11 is 0. The third kappa shape index (κ3) is 4.81. The van der Waals surface area contributed by atoms with E-state index < -0.39 is 0 Å². The van der Waals surface area contributed by atoms with Gasteiger partial charge in [-0.25, -0.2) is 0 Å². The molecule has 96 valence electrons. The molecule has 0 radical (unpaired) electrons. The van der Waals surface area contributed by atoms with Gasteiger partial charge in [0.1, 0.15) is 0 Å². The standard InChI is InChI=1S/C13H28N2O/c1-3-14-12(2)13-7-6-9-15(11-13)8-4-5-10-16/h12-14,16H,3-11H2,1-2H3. The van der Waals surface area contributed by atoms with Gasteiger partial charge in [0.2, 0.25) is 0 Å². The molecule has 0 amide bonds. The van der Waals surface area contributed by atoms with Gasteiger partial charge in [0.05, 0.1) is 0 Å². The van der Waals surface area contributed by atoms with Crippen molar-refractivity contribution in [1.29, 1.82) is 0 Å². The van der Waals surface area contributed by atoms with Crippen LogP contribution in [0, 0.1) is 5.92 Å². The van der Waals surface area contributed by atoms with Crippen LogP contribution in [0.5, 0.6) is 0 Å². The monoisotopic (exact) mass is 228 g/mol. The lowest BCUT2D eigenvalue weighted by atomic mass is 9.91. The van der Waals surface area contributed by atoms with Crippen molar-refractivity contribution in [3.8, 4) is 0 Å². The lowest BCUT2D eigenvalue weighted by Gasteiger charge is -2.36. The topological polar surface area (TPSA) is 35.5 Å². The van der Waals surface area contributed by atoms with Crippen LogP contribution in [-0.4, -0.2) is 48.8 Å². The van der Waals surface area contributed by atoms with Crippen LogP contribution in [0.4, 0.5) is 0 Å². The molecule has 0 bridgehead atoms. The summed E-state index contributed by atoms with van der Waals surface area (Å²) < 4.78 is 0. The molecule has 2 unspecified atom stereocenters. The fourth-order valence-corrected chi connectivity index (χ4v) is 2.64. The zero-order valence-electron chi connectivity index (χ0n) is 10.9. The van der Waals surface area contributed by atoms with Gasteiger partial charge in [0, 0.05) is 19.2 Å². The minimum absolute atomic E-state index is 0.338. The van der Waals surface area contributed by atoms with Crippen molar-refractivity contribution < 1.29 is 5.11 Å². The van der Waals surface area contributed by atoms with Crippen LogP contribution in [0.1, 0.15) is 39.5 Å². The predicted octanol–water partition coefficient (Wildman–Crippen LogP) is 1.47. The van der Waals surface area contributed by atoms with Crippen molar-refractivity contribution in [3.63, 3.8) is 0 Å². The van der Waals surface area contributed by atoms with Gasteiger partial charge < -0.3 is 15.3 Å². The second-order valence-corrected chi connectivity index (χ2v) is 4.98. The van der Waals surface area contributed by atoms with Crippen LogP contribution in [0.3, 0.4) is 0 Å². The molecule has 16 heavy (non-hydrogen) atoms. The van der Waals surface area contributed by atoms with Gasteiger partial charge in [-0.2, -0.15) is 0 Å². The molecular weight excluding hydrogens is 200 g/mol. The zero-order valence-corrected chi connectivity index (χ0v) is 10.9. The van der Waals surface area contributed by atoms with Crippen LogP contribution >= 0.6 is 0 Å². The number of aliphatic hydroxyl groups is 1. The highest BCUT2D eigenvalue weighted by atomic mass is 16.2. The lowest BCUT2D eigenvalue weighted by molar-refractivity contribution is 0.146. The molecule has 0 spiro atoms. The molecule has 1 fully saturated rings. The molecule has 1 aliphatic rings. The van der Waals surface area contributed by atoms with E-state index in [9.17, 15) is 0 Å². The minimum atomic E-state index is 0.338. The molecule has 3 heteroatoms. The van der Waals surface area contributed by atoms with Gasteiger partial charge in [0.25, 0.3) is 0 Å². The van der Waals surface area contributed by atoms with Gasteiger partial charge in [-0.3, -0.25) is 0 Å². The number of aliphatic hydroxyl groups excluding tert-OH is 1. The molecule has 2 N–H and O–H groups in total. The summed E-state index contributed by atoms with van der Waals surface area (Å²) in [4.78, 5) is 2.57. The van der Waals surface area contributed by atoms with E-state index in [2.05, 4.69) is 24.1 Å². The average molecular weight is 228 g/mol. The van der Waals surface area contributed by atoms with Crippen LogP contribution < -0.4 is 5.32 Å². The maximum absolute atomic E-state index is 8.78. The SMILES string of the molecule is CCNC(C)C1CCCN(CCCCO)C1. The average Bonchev–Trinajstić information content (AvgIpc) is 2.30. The van der Waals surface area contributed by atoms with E-state index in [1.807, 2.05) is 0 Å². The van der Waals surface area contributed by atoms with E-state index in [1.54, 1.807) is 0 Å². The Morgan fingerprint density at radius 3 is 2.94 bits per heavy atom. The first-order valence-corrected chi connectivity index (χ1v) is 6.84. The first-order valence-electron chi connectivity index (χ1n) is 6.84.